The van der Waals surface area contributed by atoms with Gasteiger partial charge in [0, 0.05) is 19.3 Å². The van der Waals surface area contributed by atoms with Gasteiger partial charge in [-0.25, -0.2) is 0 Å². The van der Waals surface area contributed by atoms with Crippen LogP contribution in [0.4, 0.5) is 0 Å². The summed E-state index contributed by atoms with van der Waals surface area (Å²) in [6, 6.07) is 0. The highest BCUT2D eigenvalue weighted by molar-refractivity contribution is 5.71. The summed E-state index contributed by atoms with van der Waals surface area (Å²) in [5.41, 5.74) is 0. The molecule has 0 aliphatic heterocycles. The Morgan fingerprint density at radius 2 is 0.672 bits per heavy atom. The zero-order valence-corrected chi connectivity index (χ0v) is 39.4. The molecule has 0 amide bonds. The highest BCUT2D eigenvalue weighted by Crippen LogP contribution is 2.12. The molecular formula is C55H90O6. The van der Waals surface area contributed by atoms with Crippen LogP contribution in [0.1, 0.15) is 213 Å². The van der Waals surface area contributed by atoms with Crippen LogP contribution in [-0.4, -0.2) is 37.2 Å². The van der Waals surface area contributed by atoms with Gasteiger partial charge in [0.1, 0.15) is 13.2 Å². The minimum absolute atomic E-state index is 0.107. The maximum Gasteiger partial charge on any atom is 0.306 e. The van der Waals surface area contributed by atoms with Crippen LogP contribution in [0, 0.1) is 0 Å². The average Bonchev–Trinajstić information content (AvgIpc) is 3.26. The van der Waals surface area contributed by atoms with Gasteiger partial charge in [-0.15, -0.1) is 0 Å². The summed E-state index contributed by atoms with van der Waals surface area (Å²) in [6.45, 7) is 6.37. The maximum absolute atomic E-state index is 12.8. The van der Waals surface area contributed by atoms with E-state index in [2.05, 4.69) is 118 Å². The number of allylic oxidation sites excluding steroid dienone is 16. The van der Waals surface area contributed by atoms with E-state index >= 15 is 0 Å². The van der Waals surface area contributed by atoms with Crippen LogP contribution in [0.25, 0.3) is 0 Å². The maximum atomic E-state index is 12.8. The van der Waals surface area contributed by atoms with Gasteiger partial charge >= 0.3 is 17.9 Å². The summed E-state index contributed by atoms with van der Waals surface area (Å²) in [5.74, 6) is -0.997. The molecule has 0 aliphatic rings. The fraction of sp³-hybridized carbons (Fsp3) is 0.655. The van der Waals surface area contributed by atoms with Crippen LogP contribution < -0.4 is 0 Å². The number of carbonyl (C=O) groups excluding carboxylic acids is 3. The Hall–Kier alpha value is -3.67. The standard InChI is InChI=1S/C55H90O6/c1-4-7-10-13-16-19-22-24-26-27-29-30-33-36-39-42-45-48-54(57)60-51-52(50-59-53(56)47-44-41-38-35-32-21-18-15-12-9-6-3)61-55(58)49-46-43-40-37-34-31-28-25-23-20-17-14-11-8-5-2/h7,10,15-20,24-26,28-30,36,39,52H,4-6,8-9,11-14,21-23,27,31-35,37-38,40-51H2,1-3H3/b10-7-,18-15-,19-16-,20-17-,26-24-,28-25-,30-29-,39-36-/t52-/m1/s1. The van der Waals surface area contributed by atoms with Crippen LogP contribution in [0.15, 0.2) is 97.2 Å². The van der Waals surface area contributed by atoms with Gasteiger partial charge in [-0.1, -0.05) is 182 Å². The Kier molecular flexibility index (Phi) is 46.0. The molecule has 0 heterocycles. The molecule has 0 aromatic heterocycles. The van der Waals surface area contributed by atoms with E-state index in [1.807, 2.05) is 0 Å². The number of ether oxygens (including phenoxy) is 3. The lowest BCUT2D eigenvalue weighted by Crippen LogP contribution is -2.30. The van der Waals surface area contributed by atoms with Crippen LogP contribution in [-0.2, 0) is 28.6 Å². The van der Waals surface area contributed by atoms with Gasteiger partial charge in [0.2, 0.25) is 0 Å². The molecule has 0 aromatic carbocycles. The molecule has 1 atom stereocenters. The molecule has 61 heavy (non-hydrogen) atoms. The first-order valence-electron chi connectivity index (χ1n) is 24.7. The summed E-state index contributed by atoms with van der Waals surface area (Å²) in [5, 5.41) is 0. The fourth-order valence-electron chi connectivity index (χ4n) is 6.31. The molecule has 0 aliphatic carbocycles. The van der Waals surface area contributed by atoms with E-state index in [0.717, 1.165) is 116 Å². The smallest absolute Gasteiger partial charge is 0.306 e. The number of carbonyl (C=O) groups is 3. The molecule has 0 aromatic rings. The summed E-state index contributed by atoms with van der Waals surface area (Å²) in [6.07, 6.45) is 63.9. The SMILES string of the molecule is CC/C=C\C/C=C\C/C=C\C/C=C\C/C=C\CCCC(=O)OC[C@@H](COC(=O)CCCCCCC/C=C\CCCC)OC(=O)CCCCCCC/C=C\C/C=C\CCCCC. The monoisotopic (exact) mass is 847 g/mol. The average molecular weight is 847 g/mol. The van der Waals surface area contributed by atoms with Crippen molar-refractivity contribution >= 4 is 17.9 Å². The summed E-state index contributed by atoms with van der Waals surface area (Å²) >= 11 is 0. The van der Waals surface area contributed by atoms with E-state index in [4.69, 9.17) is 14.2 Å². The predicted molar refractivity (Wildman–Crippen MR) is 260 cm³/mol. The first kappa shape index (κ1) is 57.3. The Balaban J connectivity index is 4.52. The van der Waals surface area contributed by atoms with Gasteiger partial charge < -0.3 is 14.2 Å². The van der Waals surface area contributed by atoms with Crippen molar-refractivity contribution in [1.82, 2.24) is 0 Å². The second kappa shape index (κ2) is 49.0. The summed E-state index contributed by atoms with van der Waals surface area (Å²) in [4.78, 5) is 37.9. The number of hydrogen-bond acceptors (Lipinski definition) is 6. The van der Waals surface area contributed by atoms with E-state index in [9.17, 15) is 14.4 Å². The number of hydrogen-bond donors (Lipinski definition) is 0. The largest absolute Gasteiger partial charge is 0.462 e. The van der Waals surface area contributed by atoms with Crippen molar-refractivity contribution < 1.29 is 28.6 Å². The lowest BCUT2D eigenvalue weighted by Gasteiger charge is -2.18. The molecule has 0 N–H and O–H groups in total. The first-order valence-corrected chi connectivity index (χ1v) is 24.7. The Bertz CT molecular complexity index is 1250. The van der Waals surface area contributed by atoms with E-state index in [1.54, 1.807) is 0 Å². The highest BCUT2D eigenvalue weighted by Gasteiger charge is 2.19. The van der Waals surface area contributed by atoms with Crippen molar-refractivity contribution in [3.63, 3.8) is 0 Å². The highest BCUT2D eigenvalue weighted by atomic mass is 16.6. The van der Waals surface area contributed by atoms with Crippen molar-refractivity contribution in [2.24, 2.45) is 0 Å². The third-order valence-electron chi connectivity index (χ3n) is 10.0. The molecule has 346 valence electrons. The fourth-order valence-corrected chi connectivity index (χ4v) is 6.31. The Morgan fingerprint density at radius 1 is 0.344 bits per heavy atom. The second-order valence-electron chi connectivity index (χ2n) is 16.0. The molecule has 6 nitrogen and oxygen atoms in total. The molecule has 0 rings (SSSR count). The second-order valence-corrected chi connectivity index (χ2v) is 16.0. The number of esters is 3. The van der Waals surface area contributed by atoms with Crippen molar-refractivity contribution in [3.05, 3.63) is 97.2 Å². The van der Waals surface area contributed by atoms with Crippen molar-refractivity contribution in [2.45, 2.75) is 219 Å². The van der Waals surface area contributed by atoms with Crippen LogP contribution >= 0.6 is 0 Å². The minimum Gasteiger partial charge on any atom is -0.462 e. The van der Waals surface area contributed by atoms with E-state index in [-0.39, 0.29) is 37.5 Å². The topological polar surface area (TPSA) is 78.9 Å². The van der Waals surface area contributed by atoms with Gasteiger partial charge in [0.25, 0.3) is 0 Å². The van der Waals surface area contributed by atoms with Crippen molar-refractivity contribution in [2.75, 3.05) is 13.2 Å². The zero-order valence-electron chi connectivity index (χ0n) is 39.4. The lowest BCUT2D eigenvalue weighted by molar-refractivity contribution is -0.167. The van der Waals surface area contributed by atoms with Crippen LogP contribution in [0.3, 0.4) is 0 Å². The van der Waals surface area contributed by atoms with Gasteiger partial charge in [-0.2, -0.15) is 0 Å². The number of unbranched alkanes of at least 4 members (excludes halogenated alkanes) is 16. The molecule has 0 saturated carbocycles. The minimum atomic E-state index is -0.810. The molecule has 0 saturated heterocycles. The Labute approximate surface area is 375 Å². The third kappa shape index (κ3) is 47.2. The third-order valence-corrected chi connectivity index (χ3v) is 10.0. The van der Waals surface area contributed by atoms with E-state index in [0.29, 0.717) is 19.3 Å². The molecule has 0 spiro atoms. The van der Waals surface area contributed by atoms with Gasteiger partial charge in [0.15, 0.2) is 6.10 Å². The van der Waals surface area contributed by atoms with E-state index < -0.39 is 6.10 Å². The predicted octanol–water partition coefficient (Wildman–Crippen LogP) is 16.2. The van der Waals surface area contributed by atoms with Gasteiger partial charge in [-0.3, -0.25) is 14.4 Å². The van der Waals surface area contributed by atoms with Crippen LogP contribution in [0.2, 0.25) is 0 Å². The Morgan fingerprint density at radius 3 is 1.13 bits per heavy atom. The zero-order chi connectivity index (χ0) is 44.4. The molecule has 6 heteroatoms. The molecular weight excluding hydrogens is 757 g/mol. The van der Waals surface area contributed by atoms with Crippen LogP contribution in [0.5, 0.6) is 0 Å². The lowest BCUT2D eigenvalue weighted by atomic mass is 10.1. The first-order chi connectivity index (χ1) is 30.0. The summed E-state index contributed by atoms with van der Waals surface area (Å²) in [7, 11) is 0. The molecule has 0 fully saturated rings. The molecule has 0 radical (unpaired) electrons. The summed E-state index contributed by atoms with van der Waals surface area (Å²) < 4.78 is 16.7. The van der Waals surface area contributed by atoms with Gasteiger partial charge in [-0.05, 0) is 109 Å². The quantitative estimate of drug-likeness (QED) is 0.0263. The number of rotatable bonds is 43. The van der Waals surface area contributed by atoms with Crippen molar-refractivity contribution in [3.8, 4) is 0 Å². The van der Waals surface area contributed by atoms with E-state index in [1.165, 1.54) is 51.4 Å². The normalized spacial score (nSPS) is 12.9. The van der Waals surface area contributed by atoms with Crippen molar-refractivity contribution in [1.29, 1.82) is 0 Å². The van der Waals surface area contributed by atoms with Gasteiger partial charge in [0.05, 0.1) is 0 Å². The molecule has 0 unspecified atom stereocenters. The molecule has 0 bridgehead atoms.